The number of carbonyl (C=O) groups is 1. The molecule has 0 aromatic heterocycles. The van der Waals surface area contributed by atoms with E-state index >= 15 is 0 Å². The third-order valence-corrected chi connectivity index (χ3v) is 3.92. The molecule has 0 bridgehead atoms. The van der Waals surface area contributed by atoms with Crippen LogP contribution in [0.1, 0.15) is 53.4 Å². The zero-order valence-electron chi connectivity index (χ0n) is 11.8. The average molecular weight is 258 g/mol. The van der Waals surface area contributed by atoms with Crippen molar-refractivity contribution in [2.45, 2.75) is 70.9 Å². The molecule has 4 atom stereocenters. The zero-order chi connectivity index (χ0) is 14.0. The number of carbonyl (C=O) groups excluding carboxylic acids is 1. The quantitative estimate of drug-likeness (QED) is 0.739. The summed E-state index contributed by atoms with van der Waals surface area (Å²) >= 11 is 0. The van der Waals surface area contributed by atoms with Crippen molar-refractivity contribution in [3.8, 4) is 0 Å². The van der Waals surface area contributed by atoms with Gasteiger partial charge >= 0.3 is 0 Å². The van der Waals surface area contributed by atoms with Crippen LogP contribution in [-0.4, -0.2) is 34.0 Å². The fourth-order valence-corrected chi connectivity index (χ4v) is 2.73. The van der Waals surface area contributed by atoms with Gasteiger partial charge in [-0.05, 0) is 38.0 Å². The first-order valence-electron chi connectivity index (χ1n) is 6.84. The normalized spacial score (nSPS) is 36.4. The number of aliphatic hydroxyl groups is 2. The molecule has 4 unspecified atom stereocenters. The maximum Gasteiger partial charge on any atom is 0.201 e. The molecule has 0 spiro atoms. The highest BCUT2D eigenvalue weighted by atomic mass is 16.6. The predicted molar refractivity (Wildman–Crippen MR) is 69.0 cm³/mol. The van der Waals surface area contributed by atoms with Gasteiger partial charge in [-0.3, -0.25) is 4.79 Å². The molecule has 18 heavy (non-hydrogen) atoms. The highest BCUT2D eigenvalue weighted by Crippen LogP contribution is 2.40. The lowest BCUT2D eigenvalue weighted by atomic mass is 9.79. The summed E-state index contributed by atoms with van der Waals surface area (Å²) in [7, 11) is 0. The van der Waals surface area contributed by atoms with Gasteiger partial charge in [-0.25, -0.2) is 0 Å². The van der Waals surface area contributed by atoms with E-state index in [-0.39, 0.29) is 6.10 Å². The molecule has 2 N–H and O–H groups in total. The van der Waals surface area contributed by atoms with Crippen LogP contribution in [0.2, 0.25) is 0 Å². The minimum absolute atomic E-state index is 0.0995. The molecule has 0 saturated carbocycles. The van der Waals surface area contributed by atoms with Crippen molar-refractivity contribution in [1.82, 2.24) is 0 Å². The Hall–Kier alpha value is -0.450. The number of aldehydes is 1. The van der Waals surface area contributed by atoms with Crippen molar-refractivity contribution in [1.29, 1.82) is 0 Å². The van der Waals surface area contributed by atoms with Crippen LogP contribution in [0.3, 0.4) is 0 Å². The summed E-state index contributed by atoms with van der Waals surface area (Å²) in [5.41, 5.74) is -1.84. The van der Waals surface area contributed by atoms with E-state index in [1.165, 1.54) is 6.92 Å². The first kappa shape index (κ1) is 15.6. The standard InChI is InChI=1S/C14H26O4/c1-5-12-11(8-10(2)3)6-7-14(17,18-12)13(4,16)9-15/h9-12,16-17H,5-8H2,1-4H3. The Morgan fingerprint density at radius 3 is 2.61 bits per heavy atom. The second-order valence-electron chi connectivity index (χ2n) is 6.04. The average Bonchev–Trinajstić information content (AvgIpc) is 2.30. The lowest BCUT2D eigenvalue weighted by Crippen LogP contribution is -2.60. The Kier molecular flexibility index (Phi) is 4.92. The van der Waals surface area contributed by atoms with Crippen LogP contribution in [0, 0.1) is 11.8 Å². The van der Waals surface area contributed by atoms with Crippen LogP contribution in [0.15, 0.2) is 0 Å². The zero-order valence-corrected chi connectivity index (χ0v) is 11.8. The fraction of sp³-hybridized carbons (Fsp3) is 0.929. The molecule has 1 saturated heterocycles. The van der Waals surface area contributed by atoms with E-state index in [9.17, 15) is 15.0 Å². The van der Waals surface area contributed by atoms with Gasteiger partial charge < -0.3 is 14.9 Å². The first-order chi connectivity index (χ1) is 8.25. The highest BCUT2D eigenvalue weighted by Gasteiger charge is 2.51. The summed E-state index contributed by atoms with van der Waals surface area (Å²) in [4.78, 5) is 10.9. The molecule has 0 amide bonds. The Labute approximate surface area is 109 Å². The van der Waals surface area contributed by atoms with Crippen LogP contribution in [0.25, 0.3) is 0 Å². The number of hydrogen-bond acceptors (Lipinski definition) is 4. The minimum atomic E-state index is -1.84. The second kappa shape index (κ2) is 5.68. The molecule has 4 heteroatoms. The third-order valence-electron chi connectivity index (χ3n) is 3.92. The summed E-state index contributed by atoms with van der Waals surface area (Å²) < 4.78 is 5.67. The third kappa shape index (κ3) is 3.11. The number of ether oxygens (including phenoxy) is 1. The Morgan fingerprint density at radius 2 is 2.17 bits per heavy atom. The lowest BCUT2D eigenvalue weighted by molar-refractivity contribution is -0.325. The summed E-state index contributed by atoms with van der Waals surface area (Å²) in [6.45, 7) is 7.62. The number of hydrogen-bond donors (Lipinski definition) is 2. The van der Waals surface area contributed by atoms with Gasteiger partial charge in [0.15, 0.2) is 11.9 Å². The van der Waals surface area contributed by atoms with Gasteiger partial charge in [0.2, 0.25) is 5.79 Å². The van der Waals surface area contributed by atoms with Gasteiger partial charge in [-0.1, -0.05) is 20.8 Å². The van der Waals surface area contributed by atoms with Crippen LogP contribution in [-0.2, 0) is 9.53 Å². The summed E-state index contributed by atoms with van der Waals surface area (Å²) in [5.74, 6) is -0.786. The van der Waals surface area contributed by atoms with Crippen molar-refractivity contribution < 1.29 is 19.7 Å². The van der Waals surface area contributed by atoms with Crippen LogP contribution >= 0.6 is 0 Å². The van der Waals surface area contributed by atoms with Crippen molar-refractivity contribution in [2.75, 3.05) is 0 Å². The van der Waals surface area contributed by atoms with Crippen molar-refractivity contribution in [2.24, 2.45) is 11.8 Å². The van der Waals surface area contributed by atoms with E-state index in [0.717, 1.165) is 19.3 Å². The van der Waals surface area contributed by atoms with E-state index in [2.05, 4.69) is 13.8 Å². The monoisotopic (exact) mass is 258 g/mol. The molecule has 0 aliphatic carbocycles. The molecule has 1 heterocycles. The van der Waals surface area contributed by atoms with Gasteiger partial charge in [0.1, 0.15) is 0 Å². The topological polar surface area (TPSA) is 66.8 Å². The molecule has 0 aromatic rings. The summed E-state index contributed by atoms with van der Waals surface area (Å²) in [5, 5.41) is 20.3. The lowest BCUT2D eigenvalue weighted by Gasteiger charge is -2.46. The minimum Gasteiger partial charge on any atom is -0.377 e. The van der Waals surface area contributed by atoms with E-state index in [0.29, 0.717) is 24.5 Å². The summed E-state index contributed by atoms with van der Waals surface area (Å²) in [6, 6.07) is 0. The van der Waals surface area contributed by atoms with Gasteiger partial charge in [-0.2, -0.15) is 0 Å². The van der Waals surface area contributed by atoms with E-state index in [1.54, 1.807) is 0 Å². The number of rotatable bonds is 5. The Bertz CT molecular complexity index is 288. The Morgan fingerprint density at radius 1 is 1.56 bits per heavy atom. The van der Waals surface area contributed by atoms with E-state index < -0.39 is 11.4 Å². The van der Waals surface area contributed by atoms with Crippen molar-refractivity contribution in [3.63, 3.8) is 0 Å². The van der Waals surface area contributed by atoms with Gasteiger partial charge in [0, 0.05) is 6.42 Å². The van der Waals surface area contributed by atoms with Gasteiger partial charge in [-0.15, -0.1) is 0 Å². The molecule has 1 aliphatic heterocycles. The highest BCUT2D eigenvalue weighted by molar-refractivity contribution is 5.63. The van der Waals surface area contributed by atoms with Crippen molar-refractivity contribution in [3.05, 3.63) is 0 Å². The Balaban J connectivity index is 2.80. The van der Waals surface area contributed by atoms with Crippen molar-refractivity contribution >= 4 is 6.29 Å². The maximum absolute atomic E-state index is 10.9. The van der Waals surface area contributed by atoms with Gasteiger partial charge in [0.25, 0.3) is 0 Å². The van der Waals surface area contributed by atoms with Crippen LogP contribution in [0.5, 0.6) is 0 Å². The molecule has 106 valence electrons. The van der Waals surface area contributed by atoms with E-state index in [1.807, 2.05) is 6.92 Å². The van der Waals surface area contributed by atoms with Crippen LogP contribution in [0.4, 0.5) is 0 Å². The molecule has 1 rings (SSSR count). The second-order valence-corrected chi connectivity index (χ2v) is 6.04. The molecule has 0 aromatic carbocycles. The summed E-state index contributed by atoms with van der Waals surface area (Å²) in [6.07, 6.45) is 3.15. The molecular weight excluding hydrogens is 232 g/mol. The van der Waals surface area contributed by atoms with E-state index in [4.69, 9.17) is 4.74 Å². The largest absolute Gasteiger partial charge is 0.377 e. The predicted octanol–water partition coefficient (Wildman–Crippen LogP) is 1.88. The molecule has 1 fully saturated rings. The molecular formula is C14H26O4. The van der Waals surface area contributed by atoms with Crippen LogP contribution < -0.4 is 0 Å². The molecule has 4 nitrogen and oxygen atoms in total. The molecule has 0 radical (unpaired) electrons. The van der Waals surface area contributed by atoms with Gasteiger partial charge in [0.05, 0.1) is 6.10 Å². The smallest absolute Gasteiger partial charge is 0.201 e. The maximum atomic E-state index is 10.9. The first-order valence-corrected chi connectivity index (χ1v) is 6.84. The fourth-order valence-electron chi connectivity index (χ4n) is 2.73. The SMILES string of the molecule is CCC1OC(O)(C(C)(O)C=O)CCC1CC(C)C. The molecule has 1 aliphatic rings.